The van der Waals surface area contributed by atoms with Gasteiger partial charge < -0.3 is 5.32 Å². The first-order valence-electron chi connectivity index (χ1n) is 4.99. The van der Waals surface area contributed by atoms with Gasteiger partial charge in [0.2, 0.25) is 0 Å². The van der Waals surface area contributed by atoms with Crippen LogP contribution in [0, 0.1) is 0 Å². The normalized spacial score (nSPS) is 12.9. The maximum Gasteiger partial charge on any atom is 0.264 e. The highest BCUT2D eigenvalue weighted by molar-refractivity contribution is 7.85. The van der Waals surface area contributed by atoms with Gasteiger partial charge in [0.15, 0.2) is 0 Å². The molecule has 5 heteroatoms. The maximum absolute atomic E-state index is 9.56. The van der Waals surface area contributed by atoms with Crippen LogP contribution in [-0.4, -0.2) is 31.8 Å². The van der Waals surface area contributed by atoms with Gasteiger partial charge in [0.05, 0.1) is 5.75 Å². The summed E-state index contributed by atoms with van der Waals surface area (Å²) in [7, 11) is -1.65. The van der Waals surface area contributed by atoms with Crippen LogP contribution >= 0.6 is 0 Å². The largest absolute Gasteiger partial charge is 0.317 e. The Labute approximate surface area is 87.8 Å². The van der Waals surface area contributed by atoms with Crippen molar-refractivity contribution in [1.82, 2.24) is 5.32 Å². The minimum atomic E-state index is -3.66. The Morgan fingerprint density at radius 3 is 2.00 bits per heavy atom. The predicted molar refractivity (Wildman–Crippen MR) is 60.1 cm³/mol. The minimum absolute atomic E-state index is 0.201. The molecule has 0 amide bonds. The Bertz CT molecular complexity index is 202. The standard InChI is InChI=1S/C7H17N.C2H6O3S/c1-4-5-6-7(2)8-3;1-2-6(3,4)5/h7-8H,4-6H2,1-3H3;2H2,1H3,(H,3,4,5). The Morgan fingerprint density at radius 2 is 1.79 bits per heavy atom. The lowest BCUT2D eigenvalue weighted by molar-refractivity contribution is 0.484. The van der Waals surface area contributed by atoms with E-state index in [0.717, 1.165) is 0 Å². The van der Waals surface area contributed by atoms with Crippen molar-refractivity contribution in [2.45, 2.75) is 46.1 Å². The van der Waals surface area contributed by atoms with E-state index >= 15 is 0 Å². The van der Waals surface area contributed by atoms with E-state index in [9.17, 15) is 8.42 Å². The molecule has 0 aromatic heterocycles. The summed E-state index contributed by atoms with van der Waals surface area (Å²) < 4.78 is 26.9. The molecule has 0 saturated carbocycles. The Morgan fingerprint density at radius 1 is 1.36 bits per heavy atom. The fourth-order valence-corrected chi connectivity index (χ4v) is 0.655. The van der Waals surface area contributed by atoms with Gasteiger partial charge in [-0.05, 0) is 27.3 Å². The van der Waals surface area contributed by atoms with Gasteiger partial charge in [0.1, 0.15) is 0 Å². The van der Waals surface area contributed by atoms with E-state index in [4.69, 9.17) is 4.55 Å². The molecule has 0 saturated heterocycles. The second-order valence-corrected chi connectivity index (χ2v) is 4.94. The second kappa shape index (κ2) is 9.43. The highest BCUT2D eigenvalue weighted by Gasteiger charge is 1.94. The van der Waals surface area contributed by atoms with Crippen LogP contribution in [-0.2, 0) is 10.1 Å². The Hall–Kier alpha value is -0.130. The number of unbranched alkanes of at least 4 members (excludes halogenated alkanes) is 1. The number of rotatable bonds is 5. The third-order valence-electron chi connectivity index (χ3n) is 1.85. The molecule has 0 aromatic rings. The summed E-state index contributed by atoms with van der Waals surface area (Å²) in [6, 6.07) is 0.704. The molecule has 0 aliphatic rings. The molecule has 4 nitrogen and oxygen atoms in total. The molecule has 0 spiro atoms. The Kier molecular flexibility index (Phi) is 11.0. The highest BCUT2D eigenvalue weighted by Crippen LogP contribution is 1.97. The summed E-state index contributed by atoms with van der Waals surface area (Å²) >= 11 is 0. The second-order valence-electron chi connectivity index (χ2n) is 3.20. The van der Waals surface area contributed by atoms with Crippen LogP contribution in [0.25, 0.3) is 0 Å². The van der Waals surface area contributed by atoms with Crippen molar-refractivity contribution in [2.24, 2.45) is 0 Å². The van der Waals surface area contributed by atoms with Crippen molar-refractivity contribution in [2.75, 3.05) is 12.8 Å². The zero-order valence-corrected chi connectivity index (χ0v) is 10.4. The lowest BCUT2D eigenvalue weighted by Crippen LogP contribution is -2.20. The number of hydrogen-bond donors (Lipinski definition) is 2. The third kappa shape index (κ3) is 17.8. The fourth-order valence-electron chi connectivity index (χ4n) is 0.655. The van der Waals surface area contributed by atoms with Crippen molar-refractivity contribution in [3.8, 4) is 0 Å². The van der Waals surface area contributed by atoms with Gasteiger partial charge in [-0.3, -0.25) is 4.55 Å². The lowest BCUT2D eigenvalue weighted by atomic mass is 10.1. The summed E-state index contributed by atoms with van der Waals surface area (Å²) in [6.45, 7) is 5.81. The molecule has 14 heavy (non-hydrogen) atoms. The lowest BCUT2D eigenvalue weighted by Gasteiger charge is -2.06. The quantitative estimate of drug-likeness (QED) is 0.699. The molecule has 0 heterocycles. The van der Waals surface area contributed by atoms with E-state index in [-0.39, 0.29) is 5.75 Å². The van der Waals surface area contributed by atoms with E-state index in [2.05, 4.69) is 19.2 Å². The topological polar surface area (TPSA) is 66.4 Å². The monoisotopic (exact) mass is 225 g/mol. The summed E-state index contributed by atoms with van der Waals surface area (Å²) in [4.78, 5) is 0. The molecule has 0 fully saturated rings. The van der Waals surface area contributed by atoms with Crippen molar-refractivity contribution in [3.05, 3.63) is 0 Å². The first-order valence-corrected chi connectivity index (χ1v) is 6.60. The zero-order chi connectivity index (χ0) is 11.6. The first-order chi connectivity index (χ1) is 6.37. The van der Waals surface area contributed by atoms with Crippen molar-refractivity contribution in [3.63, 3.8) is 0 Å². The van der Waals surface area contributed by atoms with Gasteiger partial charge in [0.25, 0.3) is 10.1 Å². The van der Waals surface area contributed by atoms with Crippen molar-refractivity contribution >= 4 is 10.1 Å². The first kappa shape index (κ1) is 16.3. The van der Waals surface area contributed by atoms with Crippen LogP contribution in [0.5, 0.6) is 0 Å². The third-order valence-corrected chi connectivity index (χ3v) is 2.58. The van der Waals surface area contributed by atoms with Gasteiger partial charge in [0, 0.05) is 6.04 Å². The van der Waals surface area contributed by atoms with Crippen molar-refractivity contribution < 1.29 is 13.0 Å². The molecule has 88 valence electrons. The van der Waals surface area contributed by atoms with Crippen LogP contribution in [0.3, 0.4) is 0 Å². The minimum Gasteiger partial charge on any atom is -0.317 e. The van der Waals surface area contributed by atoms with Crippen molar-refractivity contribution in [1.29, 1.82) is 0 Å². The summed E-state index contributed by atoms with van der Waals surface area (Å²) in [5.74, 6) is -0.201. The summed E-state index contributed by atoms with van der Waals surface area (Å²) in [6.07, 6.45) is 3.97. The molecular weight excluding hydrogens is 202 g/mol. The van der Waals surface area contributed by atoms with Crippen LogP contribution in [0.4, 0.5) is 0 Å². The van der Waals surface area contributed by atoms with Crippen LogP contribution < -0.4 is 5.32 Å². The fraction of sp³-hybridized carbons (Fsp3) is 1.00. The molecule has 0 aliphatic carbocycles. The molecule has 0 aliphatic heterocycles. The van der Waals surface area contributed by atoms with Gasteiger partial charge in [-0.15, -0.1) is 0 Å². The van der Waals surface area contributed by atoms with Gasteiger partial charge in [-0.2, -0.15) is 8.42 Å². The SMILES string of the molecule is CCCCC(C)NC.CCS(=O)(=O)O. The molecule has 0 rings (SSSR count). The van der Waals surface area contributed by atoms with E-state index in [1.54, 1.807) is 0 Å². The zero-order valence-electron chi connectivity index (χ0n) is 9.58. The van der Waals surface area contributed by atoms with Gasteiger partial charge >= 0.3 is 0 Å². The molecule has 0 radical (unpaired) electrons. The average molecular weight is 225 g/mol. The smallest absolute Gasteiger partial charge is 0.264 e. The average Bonchev–Trinajstić information content (AvgIpc) is 2.14. The van der Waals surface area contributed by atoms with Crippen LogP contribution in [0.2, 0.25) is 0 Å². The van der Waals surface area contributed by atoms with Gasteiger partial charge in [-0.25, -0.2) is 0 Å². The molecule has 1 unspecified atom stereocenters. The predicted octanol–water partition coefficient (Wildman–Crippen LogP) is 1.68. The molecular formula is C9H23NO3S. The number of nitrogens with one attached hydrogen (secondary N) is 1. The maximum atomic E-state index is 9.56. The molecule has 0 bridgehead atoms. The van der Waals surface area contributed by atoms with E-state index in [0.29, 0.717) is 6.04 Å². The highest BCUT2D eigenvalue weighted by atomic mass is 32.2. The van der Waals surface area contributed by atoms with Gasteiger partial charge in [-0.1, -0.05) is 19.8 Å². The molecule has 2 N–H and O–H groups in total. The van der Waals surface area contributed by atoms with E-state index in [1.807, 2.05) is 7.05 Å². The summed E-state index contributed by atoms with van der Waals surface area (Å²) in [5.41, 5.74) is 0. The number of hydrogen-bond acceptors (Lipinski definition) is 3. The van der Waals surface area contributed by atoms with Crippen LogP contribution in [0.15, 0.2) is 0 Å². The molecule has 1 atom stereocenters. The summed E-state index contributed by atoms with van der Waals surface area (Å²) in [5, 5.41) is 3.20. The Balaban J connectivity index is 0. The van der Waals surface area contributed by atoms with E-state index < -0.39 is 10.1 Å². The van der Waals surface area contributed by atoms with Crippen LogP contribution in [0.1, 0.15) is 40.0 Å². The molecule has 0 aromatic carbocycles. The van der Waals surface area contributed by atoms with E-state index in [1.165, 1.54) is 26.2 Å².